The van der Waals surface area contributed by atoms with Crippen molar-refractivity contribution in [1.29, 1.82) is 0 Å². The summed E-state index contributed by atoms with van der Waals surface area (Å²) < 4.78 is 10.7. The van der Waals surface area contributed by atoms with Crippen LogP contribution in [-0.2, 0) is 19.1 Å². The quantitative estimate of drug-likeness (QED) is 0.143. The van der Waals surface area contributed by atoms with Gasteiger partial charge in [-0.3, -0.25) is 9.59 Å². The van der Waals surface area contributed by atoms with Gasteiger partial charge in [0.2, 0.25) is 6.61 Å². The van der Waals surface area contributed by atoms with Gasteiger partial charge in [0, 0.05) is 27.5 Å². The second kappa shape index (κ2) is 11.7. The molecule has 0 saturated carbocycles. The van der Waals surface area contributed by atoms with E-state index in [2.05, 4.69) is 5.16 Å². The fourth-order valence-electron chi connectivity index (χ4n) is 3.18. The van der Waals surface area contributed by atoms with Crippen LogP contribution in [0.25, 0.3) is 0 Å². The van der Waals surface area contributed by atoms with Crippen LogP contribution < -0.4 is 0 Å². The van der Waals surface area contributed by atoms with E-state index >= 15 is 0 Å². The molecule has 0 radical (unpaired) electrons. The Balaban J connectivity index is 2.29. The Labute approximate surface area is 224 Å². The molecule has 8 heteroatoms. The van der Waals surface area contributed by atoms with E-state index in [-0.39, 0.29) is 23.0 Å². The molecule has 0 unspecified atom stereocenters. The molecule has 0 saturated heterocycles. The van der Waals surface area contributed by atoms with Crippen LogP contribution >= 0.6 is 0 Å². The highest BCUT2D eigenvalue weighted by atomic mass is 16.7. The average molecular weight is 524 g/mol. The fraction of sp³-hybridized carbons (Fsp3) is 0.433. The van der Waals surface area contributed by atoms with E-state index in [0.717, 1.165) is 0 Å². The molecule has 0 heterocycles. The van der Waals surface area contributed by atoms with E-state index in [1.165, 1.54) is 12.1 Å². The molecular formula is C30H37NO7. The molecule has 0 aliphatic heterocycles. The van der Waals surface area contributed by atoms with Crippen molar-refractivity contribution in [2.75, 3.05) is 6.61 Å². The Morgan fingerprint density at radius 1 is 0.632 bits per heavy atom. The van der Waals surface area contributed by atoms with E-state index in [9.17, 15) is 19.2 Å². The molecular weight excluding hydrogens is 486 g/mol. The molecule has 0 N–H and O–H groups in total. The molecule has 38 heavy (non-hydrogen) atoms. The van der Waals surface area contributed by atoms with E-state index in [1.807, 2.05) is 41.5 Å². The minimum absolute atomic E-state index is 0.0504. The first kappa shape index (κ1) is 30.4. The molecule has 0 fully saturated rings. The summed E-state index contributed by atoms with van der Waals surface area (Å²) in [5.41, 5.74) is -0.323. The first-order valence-corrected chi connectivity index (χ1v) is 12.3. The molecule has 0 aliphatic rings. The zero-order chi connectivity index (χ0) is 28.9. The summed E-state index contributed by atoms with van der Waals surface area (Å²) in [5, 5.41) is 3.86. The van der Waals surface area contributed by atoms with Crippen molar-refractivity contribution < 1.29 is 33.5 Å². The van der Waals surface area contributed by atoms with Crippen molar-refractivity contribution in [3.63, 3.8) is 0 Å². The second-order valence-corrected chi connectivity index (χ2v) is 12.0. The molecule has 0 aliphatic carbocycles. The van der Waals surface area contributed by atoms with Gasteiger partial charge in [-0.05, 0) is 50.2 Å². The van der Waals surface area contributed by atoms with Crippen molar-refractivity contribution >= 4 is 29.4 Å². The number of oxime groups is 1. The topological polar surface area (TPSA) is 108 Å². The minimum atomic E-state index is -0.741. The Morgan fingerprint density at radius 2 is 1.03 bits per heavy atom. The molecule has 2 aromatic rings. The molecule has 2 aromatic carbocycles. The van der Waals surface area contributed by atoms with Gasteiger partial charge in [0.15, 0.2) is 11.6 Å². The summed E-state index contributed by atoms with van der Waals surface area (Å²) in [6, 6.07) is 12.5. The molecule has 0 spiro atoms. The molecule has 2 rings (SSSR count). The Kier molecular flexibility index (Phi) is 9.37. The molecule has 0 amide bonds. The molecule has 0 atom stereocenters. The second-order valence-electron chi connectivity index (χ2n) is 12.0. The minimum Gasteiger partial charge on any atom is -0.457 e. The van der Waals surface area contributed by atoms with Crippen LogP contribution in [-0.4, -0.2) is 41.6 Å². The summed E-state index contributed by atoms with van der Waals surface area (Å²) in [5.74, 6) is -1.69. The van der Waals surface area contributed by atoms with Crippen LogP contribution in [0, 0.1) is 10.8 Å². The number of rotatable bonds is 7. The number of hydrogen-bond donors (Lipinski definition) is 0. The fourth-order valence-corrected chi connectivity index (χ4v) is 3.18. The summed E-state index contributed by atoms with van der Waals surface area (Å²) >= 11 is 0. The van der Waals surface area contributed by atoms with Crippen molar-refractivity contribution in [3.05, 3.63) is 70.8 Å². The number of ether oxygens (including phenoxy) is 2. The van der Waals surface area contributed by atoms with E-state index in [1.54, 1.807) is 57.2 Å². The predicted octanol–water partition coefficient (Wildman–Crippen LogP) is 6.02. The SMILES string of the molecule is CC(C)(C)OC(=O)CON=C(OC(=O)c1ccc(C(=O)C(C)(C)C)cc1)c1ccc(C(=O)C(C)(C)C)cc1. The standard InChI is InChI=1S/C30H37NO7/c1-28(2,3)24(33)19-10-14-21(15-11-19)26(31-36-18-23(32)38-30(7,8)9)37-27(35)22-16-12-20(13-17-22)25(34)29(4,5)6/h10-17H,18H2,1-9H3. The highest BCUT2D eigenvalue weighted by molar-refractivity contribution is 6.06. The first-order valence-electron chi connectivity index (χ1n) is 12.3. The maximum Gasteiger partial charge on any atom is 0.347 e. The van der Waals surface area contributed by atoms with E-state index < -0.39 is 35.0 Å². The lowest BCUT2D eigenvalue weighted by Crippen LogP contribution is -2.26. The first-order chi connectivity index (χ1) is 17.4. The number of hydrogen-bond acceptors (Lipinski definition) is 8. The summed E-state index contributed by atoms with van der Waals surface area (Å²) in [6.07, 6.45) is 0. The van der Waals surface area contributed by atoms with Crippen LogP contribution in [0.15, 0.2) is 53.7 Å². The number of carbonyl (C=O) groups is 4. The lowest BCUT2D eigenvalue weighted by atomic mass is 9.86. The summed E-state index contributed by atoms with van der Waals surface area (Å²) in [7, 11) is 0. The summed E-state index contributed by atoms with van der Waals surface area (Å²) in [4.78, 5) is 55.1. The van der Waals surface area contributed by atoms with Crippen molar-refractivity contribution in [3.8, 4) is 0 Å². The van der Waals surface area contributed by atoms with Crippen molar-refractivity contribution in [2.24, 2.45) is 16.0 Å². The maximum atomic E-state index is 12.9. The third kappa shape index (κ3) is 8.94. The zero-order valence-corrected chi connectivity index (χ0v) is 23.6. The average Bonchev–Trinajstić information content (AvgIpc) is 2.80. The van der Waals surface area contributed by atoms with Crippen molar-refractivity contribution in [1.82, 2.24) is 0 Å². The Hall–Kier alpha value is -3.81. The predicted molar refractivity (Wildman–Crippen MR) is 144 cm³/mol. The van der Waals surface area contributed by atoms with Gasteiger partial charge in [-0.2, -0.15) is 0 Å². The van der Waals surface area contributed by atoms with Crippen LogP contribution in [0.3, 0.4) is 0 Å². The molecule has 204 valence electrons. The molecule has 0 bridgehead atoms. The number of nitrogens with zero attached hydrogens (tertiary/aromatic N) is 1. The van der Waals surface area contributed by atoms with Gasteiger partial charge in [0.1, 0.15) is 5.60 Å². The maximum absolute atomic E-state index is 12.9. The van der Waals surface area contributed by atoms with Crippen molar-refractivity contribution in [2.45, 2.75) is 67.9 Å². The van der Waals surface area contributed by atoms with Crippen LogP contribution in [0.1, 0.15) is 99.0 Å². The molecule has 8 nitrogen and oxygen atoms in total. The zero-order valence-electron chi connectivity index (χ0n) is 23.6. The van der Waals surface area contributed by atoms with Crippen LogP contribution in [0.2, 0.25) is 0 Å². The van der Waals surface area contributed by atoms with Gasteiger partial charge in [-0.25, -0.2) is 9.59 Å². The van der Waals surface area contributed by atoms with Gasteiger partial charge in [-0.15, -0.1) is 0 Å². The Bertz CT molecular complexity index is 1200. The lowest BCUT2D eigenvalue weighted by Gasteiger charge is -2.18. The molecule has 0 aromatic heterocycles. The highest BCUT2D eigenvalue weighted by Crippen LogP contribution is 2.23. The number of carbonyl (C=O) groups excluding carboxylic acids is 4. The van der Waals surface area contributed by atoms with Gasteiger partial charge >= 0.3 is 11.9 Å². The monoisotopic (exact) mass is 523 g/mol. The van der Waals surface area contributed by atoms with E-state index in [0.29, 0.717) is 16.7 Å². The summed E-state index contributed by atoms with van der Waals surface area (Å²) in [6.45, 7) is 15.6. The third-order valence-electron chi connectivity index (χ3n) is 5.08. The smallest absolute Gasteiger partial charge is 0.347 e. The van der Waals surface area contributed by atoms with Gasteiger partial charge in [0.25, 0.3) is 5.90 Å². The Morgan fingerprint density at radius 3 is 1.42 bits per heavy atom. The van der Waals surface area contributed by atoms with Crippen LogP contribution in [0.5, 0.6) is 0 Å². The van der Waals surface area contributed by atoms with Gasteiger partial charge < -0.3 is 14.3 Å². The van der Waals surface area contributed by atoms with Gasteiger partial charge in [0.05, 0.1) is 5.56 Å². The number of benzene rings is 2. The number of Topliss-reactive ketones (excluding diaryl/α,β-unsaturated/α-hetero) is 2. The normalized spacial score (nSPS) is 12.5. The third-order valence-corrected chi connectivity index (χ3v) is 5.08. The largest absolute Gasteiger partial charge is 0.457 e. The number of esters is 2. The van der Waals surface area contributed by atoms with E-state index in [4.69, 9.17) is 14.3 Å². The van der Waals surface area contributed by atoms with Gasteiger partial charge in [-0.1, -0.05) is 65.8 Å². The van der Waals surface area contributed by atoms with Crippen LogP contribution in [0.4, 0.5) is 0 Å². The number of ketones is 2. The highest BCUT2D eigenvalue weighted by Gasteiger charge is 2.25. The lowest BCUT2D eigenvalue weighted by molar-refractivity contribution is -0.160.